The number of aromatic nitrogens is 3. The molecule has 0 amide bonds. The van der Waals surface area contributed by atoms with Crippen LogP contribution in [0.3, 0.4) is 0 Å². The molecule has 1 aliphatic rings. The Labute approximate surface area is 125 Å². The second-order valence-electron chi connectivity index (χ2n) is 5.21. The third-order valence-corrected chi connectivity index (χ3v) is 3.84. The number of rotatable bonds is 4. The molecule has 2 aromatic heterocycles. The number of nitrogens with zero attached hydrogens (tertiary/aromatic N) is 4. The third kappa shape index (κ3) is 3.29. The van der Waals surface area contributed by atoms with Crippen LogP contribution in [-0.2, 0) is 0 Å². The van der Waals surface area contributed by atoms with Crippen LogP contribution in [0.4, 0.5) is 5.82 Å². The number of anilines is 1. The number of piperidine rings is 1. The van der Waals surface area contributed by atoms with E-state index in [0.717, 1.165) is 18.9 Å². The molecule has 0 aromatic carbocycles. The molecule has 1 fully saturated rings. The Morgan fingerprint density at radius 1 is 1.29 bits per heavy atom. The first-order chi connectivity index (χ1) is 10.4. The Hall–Kier alpha value is -2.17. The maximum atomic E-state index is 5.46. The molecular weight excluding hydrogens is 264 g/mol. The van der Waals surface area contributed by atoms with E-state index in [-0.39, 0.29) is 0 Å². The molecule has 0 saturated carbocycles. The number of pyridine rings is 1. The van der Waals surface area contributed by atoms with Gasteiger partial charge in [-0.25, -0.2) is 9.97 Å². The molecule has 2 aromatic rings. The molecule has 0 bridgehead atoms. The summed E-state index contributed by atoms with van der Waals surface area (Å²) in [6, 6.07) is 6.15. The van der Waals surface area contributed by atoms with Crippen molar-refractivity contribution in [2.75, 3.05) is 24.6 Å². The molecular formula is C16H20N4O. The first-order valence-corrected chi connectivity index (χ1v) is 7.46. The lowest BCUT2D eigenvalue weighted by molar-refractivity contribution is 0.326. The Kier molecular flexibility index (Phi) is 4.28. The minimum atomic E-state index is 0.534. The van der Waals surface area contributed by atoms with Gasteiger partial charge in [-0.3, -0.25) is 4.98 Å². The van der Waals surface area contributed by atoms with Crippen LogP contribution in [0.1, 0.15) is 31.2 Å². The van der Waals surface area contributed by atoms with Crippen molar-refractivity contribution in [1.82, 2.24) is 15.0 Å². The predicted molar refractivity (Wildman–Crippen MR) is 81.6 cm³/mol. The lowest BCUT2D eigenvalue weighted by atomic mass is 9.91. The van der Waals surface area contributed by atoms with Crippen molar-refractivity contribution in [1.29, 1.82) is 0 Å². The van der Waals surface area contributed by atoms with Crippen molar-refractivity contribution in [3.63, 3.8) is 0 Å². The monoisotopic (exact) mass is 284 g/mol. The van der Waals surface area contributed by atoms with Gasteiger partial charge < -0.3 is 9.64 Å². The summed E-state index contributed by atoms with van der Waals surface area (Å²) in [5.41, 5.74) is 1.36. The van der Waals surface area contributed by atoms with Gasteiger partial charge in [-0.05, 0) is 37.5 Å². The van der Waals surface area contributed by atoms with Gasteiger partial charge in [0.25, 0.3) is 0 Å². The molecule has 110 valence electrons. The zero-order valence-corrected chi connectivity index (χ0v) is 12.3. The second kappa shape index (κ2) is 6.52. The number of hydrogen-bond acceptors (Lipinski definition) is 5. The van der Waals surface area contributed by atoms with E-state index in [1.54, 1.807) is 6.33 Å². The largest absolute Gasteiger partial charge is 0.478 e. The zero-order valence-electron chi connectivity index (χ0n) is 12.3. The highest BCUT2D eigenvalue weighted by Crippen LogP contribution is 2.29. The van der Waals surface area contributed by atoms with E-state index < -0.39 is 0 Å². The highest BCUT2D eigenvalue weighted by molar-refractivity contribution is 5.42. The summed E-state index contributed by atoms with van der Waals surface area (Å²) >= 11 is 0. The SMILES string of the molecule is CCOc1cc(N2CCC[C@H](c3ccncc3)C2)ncn1. The maximum absolute atomic E-state index is 5.46. The van der Waals surface area contributed by atoms with Crippen LogP contribution in [-0.4, -0.2) is 34.6 Å². The molecule has 3 heterocycles. The van der Waals surface area contributed by atoms with E-state index >= 15 is 0 Å². The Morgan fingerprint density at radius 2 is 2.14 bits per heavy atom. The second-order valence-corrected chi connectivity index (χ2v) is 5.21. The van der Waals surface area contributed by atoms with Gasteiger partial charge in [-0.15, -0.1) is 0 Å². The molecule has 0 N–H and O–H groups in total. The minimum Gasteiger partial charge on any atom is -0.478 e. The predicted octanol–water partition coefficient (Wildman–Crippen LogP) is 2.65. The first-order valence-electron chi connectivity index (χ1n) is 7.46. The molecule has 0 unspecified atom stereocenters. The van der Waals surface area contributed by atoms with Gasteiger partial charge in [-0.2, -0.15) is 0 Å². The van der Waals surface area contributed by atoms with Crippen molar-refractivity contribution < 1.29 is 4.74 Å². The van der Waals surface area contributed by atoms with E-state index in [2.05, 4.69) is 32.0 Å². The standard InChI is InChI=1S/C16H20N4O/c1-2-21-16-10-15(18-12-19-16)20-9-3-4-14(11-20)13-5-7-17-8-6-13/h5-8,10,12,14H,2-4,9,11H2,1H3/t14-/m0/s1. The summed E-state index contributed by atoms with van der Waals surface area (Å²) in [6.45, 7) is 4.59. The average molecular weight is 284 g/mol. The van der Waals surface area contributed by atoms with E-state index in [0.29, 0.717) is 18.4 Å². The van der Waals surface area contributed by atoms with E-state index in [1.807, 2.05) is 25.4 Å². The Bertz CT molecular complexity index is 575. The van der Waals surface area contributed by atoms with Crippen molar-refractivity contribution in [3.8, 4) is 5.88 Å². The fourth-order valence-corrected chi connectivity index (χ4v) is 2.82. The van der Waals surface area contributed by atoms with Crippen molar-refractivity contribution in [2.45, 2.75) is 25.7 Å². The topological polar surface area (TPSA) is 51.1 Å². The van der Waals surface area contributed by atoms with Crippen molar-refractivity contribution >= 4 is 5.82 Å². The summed E-state index contributed by atoms with van der Waals surface area (Å²) in [6.07, 6.45) is 7.69. The quantitative estimate of drug-likeness (QED) is 0.864. The van der Waals surface area contributed by atoms with Gasteiger partial charge in [0.05, 0.1) is 6.61 Å². The summed E-state index contributed by atoms with van der Waals surface area (Å²) in [7, 11) is 0. The summed E-state index contributed by atoms with van der Waals surface area (Å²) in [4.78, 5) is 14.9. The molecule has 1 saturated heterocycles. The van der Waals surface area contributed by atoms with E-state index in [9.17, 15) is 0 Å². The average Bonchev–Trinajstić information content (AvgIpc) is 2.56. The van der Waals surface area contributed by atoms with Crippen LogP contribution < -0.4 is 9.64 Å². The minimum absolute atomic E-state index is 0.534. The molecule has 5 nitrogen and oxygen atoms in total. The van der Waals surface area contributed by atoms with Gasteiger partial charge in [0.1, 0.15) is 12.1 Å². The fraction of sp³-hybridized carbons (Fsp3) is 0.438. The molecule has 3 rings (SSSR count). The molecule has 5 heteroatoms. The highest BCUT2D eigenvalue weighted by atomic mass is 16.5. The molecule has 0 aliphatic carbocycles. The summed E-state index contributed by atoms with van der Waals surface area (Å²) in [5, 5.41) is 0. The third-order valence-electron chi connectivity index (χ3n) is 3.84. The smallest absolute Gasteiger partial charge is 0.218 e. The van der Waals surface area contributed by atoms with Crippen LogP contribution in [0.25, 0.3) is 0 Å². The Balaban J connectivity index is 1.75. The lowest BCUT2D eigenvalue weighted by Gasteiger charge is -2.33. The van der Waals surface area contributed by atoms with Gasteiger partial charge in [-0.1, -0.05) is 0 Å². The van der Waals surface area contributed by atoms with E-state index in [1.165, 1.54) is 18.4 Å². The van der Waals surface area contributed by atoms with Crippen LogP contribution >= 0.6 is 0 Å². The van der Waals surface area contributed by atoms with Gasteiger partial charge in [0.15, 0.2) is 0 Å². The number of hydrogen-bond donors (Lipinski definition) is 0. The molecule has 1 atom stereocenters. The van der Waals surface area contributed by atoms with Crippen molar-refractivity contribution in [2.24, 2.45) is 0 Å². The van der Waals surface area contributed by atoms with Crippen LogP contribution in [0.15, 0.2) is 36.9 Å². The van der Waals surface area contributed by atoms with Crippen LogP contribution in [0.5, 0.6) is 5.88 Å². The van der Waals surface area contributed by atoms with E-state index in [4.69, 9.17) is 4.74 Å². The summed E-state index contributed by atoms with van der Waals surface area (Å²) < 4.78 is 5.46. The van der Waals surface area contributed by atoms with Gasteiger partial charge >= 0.3 is 0 Å². The van der Waals surface area contributed by atoms with Crippen LogP contribution in [0.2, 0.25) is 0 Å². The van der Waals surface area contributed by atoms with Gasteiger partial charge in [0.2, 0.25) is 5.88 Å². The molecule has 1 aliphatic heterocycles. The van der Waals surface area contributed by atoms with Gasteiger partial charge in [0, 0.05) is 37.5 Å². The normalized spacial score (nSPS) is 18.5. The fourth-order valence-electron chi connectivity index (χ4n) is 2.82. The highest BCUT2D eigenvalue weighted by Gasteiger charge is 2.22. The molecule has 21 heavy (non-hydrogen) atoms. The van der Waals surface area contributed by atoms with Crippen LogP contribution in [0, 0.1) is 0 Å². The number of ether oxygens (including phenoxy) is 1. The summed E-state index contributed by atoms with van der Waals surface area (Å²) in [5.74, 6) is 2.13. The lowest BCUT2D eigenvalue weighted by Crippen LogP contribution is -2.35. The maximum Gasteiger partial charge on any atom is 0.218 e. The zero-order chi connectivity index (χ0) is 14.5. The first kappa shape index (κ1) is 13.8. The molecule has 0 radical (unpaired) electrons. The molecule has 0 spiro atoms. The Morgan fingerprint density at radius 3 is 2.95 bits per heavy atom. The van der Waals surface area contributed by atoms with Crippen molar-refractivity contribution in [3.05, 3.63) is 42.5 Å².